The lowest BCUT2D eigenvalue weighted by Crippen LogP contribution is -2.03. The molecule has 0 unspecified atom stereocenters. The molecule has 0 atom stereocenters. The predicted molar refractivity (Wildman–Crippen MR) is 86.2 cm³/mol. The number of hydrogen-bond acceptors (Lipinski definition) is 4. The average Bonchev–Trinajstić information content (AvgIpc) is 3.14. The van der Waals surface area contributed by atoms with Crippen LogP contribution >= 0.6 is 23.6 Å². The number of carbonyl (C=O) groups is 1. The molecule has 2 aromatic heterocycles. The molecule has 0 saturated heterocycles. The van der Waals surface area contributed by atoms with E-state index in [4.69, 9.17) is 12.2 Å². The van der Waals surface area contributed by atoms with Gasteiger partial charge in [0.15, 0.2) is 9.74 Å². The highest BCUT2D eigenvalue weighted by Crippen LogP contribution is 2.26. The molecule has 6 heteroatoms. The van der Waals surface area contributed by atoms with Gasteiger partial charge in [-0.3, -0.25) is 9.89 Å². The van der Waals surface area contributed by atoms with Crippen LogP contribution in [0.2, 0.25) is 0 Å². The van der Waals surface area contributed by atoms with Crippen LogP contribution in [0.15, 0.2) is 42.6 Å². The van der Waals surface area contributed by atoms with Crippen molar-refractivity contribution in [3.8, 4) is 10.6 Å². The largest absolute Gasteiger partial charge is 0.358 e. The summed E-state index contributed by atoms with van der Waals surface area (Å²) in [5, 5.41) is 7.62. The minimum Gasteiger partial charge on any atom is -0.358 e. The number of H-pyrrole nitrogens is 2. The number of aromatic amines is 2. The minimum absolute atomic E-state index is 0.0833. The van der Waals surface area contributed by atoms with Crippen LogP contribution in [-0.4, -0.2) is 21.0 Å². The maximum atomic E-state index is 12.4. The summed E-state index contributed by atoms with van der Waals surface area (Å²) in [6, 6.07) is 11.9. The fourth-order valence-electron chi connectivity index (χ4n) is 2.15. The highest BCUT2D eigenvalue weighted by atomic mass is 32.1. The first-order valence-corrected chi connectivity index (χ1v) is 7.77. The van der Waals surface area contributed by atoms with Crippen LogP contribution in [0.5, 0.6) is 0 Å². The Bertz CT molecular complexity index is 801. The molecule has 4 nitrogen and oxygen atoms in total. The number of rotatable bonds is 5. The zero-order valence-electron chi connectivity index (χ0n) is 11.1. The molecule has 3 aromatic rings. The molecule has 21 heavy (non-hydrogen) atoms. The number of benzene rings is 1. The van der Waals surface area contributed by atoms with Crippen LogP contribution < -0.4 is 0 Å². The summed E-state index contributed by atoms with van der Waals surface area (Å²) in [5.41, 5.74) is 2.57. The van der Waals surface area contributed by atoms with Gasteiger partial charge in [-0.05, 0) is 30.3 Å². The molecule has 0 radical (unpaired) electrons. The van der Waals surface area contributed by atoms with E-state index in [2.05, 4.69) is 15.2 Å². The van der Waals surface area contributed by atoms with Gasteiger partial charge in [0.05, 0.1) is 5.69 Å². The van der Waals surface area contributed by atoms with Crippen LogP contribution in [0.25, 0.3) is 10.6 Å². The predicted octanol–water partition coefficient (Wildman–Crippen LogP) is 4.01. The van der Waals surface area contributed by atoms with Crippen molar-refractivity contribution in [3.05, 3.63) is 57.8 Å². The first-order chi connectivity index (χ1) is 10.2. The molecule has 0 spiro atoms. The van der Waals surface area contributed by atoms with Gasteiger partial charge in [0, 0.05) is 18.2 Å². The van der Waals surface area contributed by atoms with E-state index >= 15 is 0 Å². The second-order valence-corrected chi connectivity index (χ2v) is 6.26. The average molecular weight is 315 g/mol. The zero-order chi connectivity index (χ0) is 14.7. The second-order valence-electron chi connectivity index (χ2n) is 4.59. The van der Waals surface area contributed by atoms with Gasteiger partial charge in [-0.1, -0.05) is 41.7 Å². The maximum Gasteiger partial charge on any atom is 0.180 e. The van der Waals surface area contributed by atoms with Gasteiger partial charge in [-0.2, -0.15) is 5.10 Å². The van der Waals surface area contributed by atoms with Gasteiger partial charge in [0.1, 0.15) is 5.01 Å². The molecule has 0 aliphatic heterocycles. The third kappa shape index (κ3) is 3.17. The zero-order valence-corrected chi connectivity index (χ0v) is 12.8. The van der Waals surface area contributed by atoms with Crippen molar-refractivity contribution in [1.82, 2.24) is 15.2 Å². The van der Waals surface area contributed by atoms with Crippen molar-refractivity contribution in [1.29, 1.82) is 0 Å². The molecule has 0 aliphatic rings. The molecule has 0 aliphatic carbocycles. The number of carbonyl (C=O) groups excluding carboxylic acids is 1. The normalized spacial score (nSPS) is 10.7. The molecular weight excluding hydrogens is 302 g/mol. The van der Waals surface area contributed by atoms with E-state index < -0.39 is 0 Å². The minimum atomic E-state index is 0.0833. The summed E-state index contributed by atoms with van der Waals surface area (Å²) in [5.74, 6) is 0.0833. The quantitative estimate of drug-likeness (QED) is 0.552. The van der Waals surface area contributed by atoms with Crippen molar-refractivity contribution in [3.63, 3.8) is 0 Å². The summed E-state index contributed by atoms with van der Waals surface area (Å²) in [6.07, 6.45) is 2.96. The molecule has 1 aromatic carbocycles. The van der Waals surface area contributed by atoms with Crippen molar-refractivity contribution >= 4 is 29.3 Å². The van der Waals surface area contributed by atoms with E-state index in [1.807, 2.05) is 36.4 Å². The molecule has 0 amide bonds. The fraction of sp³-hybridized carbons (Fsp3) is 0.133. The van der Waals surface area contributed by atoms with E-state index in [-0.39, 0.29) is 5.78 Å². The fourth-order valence-corrected chi connectivity index (χ4v) is 3.07. The molecule has 0 fully saturated rings. The lowest BCUT2D eigenvalue weighted by Gasteiger charge is -2.02. The summed E-state index contributed by atoms with van der Waals surface area (Å²) >= 11 is 6.40. The second kappa shape index (κ2) is 6.15. The molecule has 0 saturated carbocycles. The number of hydrogen-bond donors (Lipinski definition) is 2. The van der Waals surface area contributed by atoms with E-state index in [0.29, 0.717) is 16.1 Å². The van der Waals surface area contributed by atoms with Gasteiger partial charge in [-0.25, -0.2) is 0 Å². The third-order valence-electron chi connectivity index (χ3n) is 3.18. The number of nitrogens with zero attached hydrogens (tertiary/aromatic N) is 1. The Labute approximate surface area is 130 Å². The monoisotopic (exact) mass is 315 g/mol. The standard InChI is InChI=1S/C15H13N3OS2/c19-12(7-6-10-4-2-1-3-5-10)13-11(8-9-16-13)14-17-18-15(20)21-14/h1-5,8-9,16H,6-7H2,(H,18,20). The Morgan fingerprint density at radius 2 is 2.05 bits per heavy atom. The van der Waals surface area contributed by atoms with Crippen LogP contribution in [-0.2, 0) is 6.42 Å². The maximum absolute atomic E-state index is 12.4. The lowest BCUT2D eigenvalue weighted by molar-refractivity contribution is 0.0979. The van der Waals surface area contributed by atoms with Crippen LogP contribution in [0.1, 0.15) is 22.5 Å². The van der Waals surface area contributed by atoms with Crippen molar-refractivity contribution in [2.75, 3.05) is 0 Å². The Kier molecular flexibility index (Phi) is 4.08. The lowest BCUT2D eigenvalue weighted by atomic mass is 10.0. The molecule has 2 N–H and O–H groups in total. The Balaban J connectivity index is 1.77. The molecule has 2 heterocycles. The van der Waals surface area contributed by atoms with Crippen molar-refractivity contribution in [2.24, 2.45) is 0 Å². The SMILES string of the molecule is O=C(CCc1ccccc1)c1[nH]ccc1-c1n[nH]c(=S)s1. The molecular formula is C15H13N3OS2. The van der Waals surface area contributed by atoms with Crippen LogP contribution in [0.4, 0.5) is 0 Å². The number of aryl methyl sites for hydroxylation is 1. The highest BCUT2D eigenvalue weighted by Gasteiger charge is 2.16. The van der Waals surface area contributed by atoms with E-state index in [0.717, 1.165) is 22.6 Å². The number of nitrogens with one attached hydrogen (secondary N) is 2. The summed E-state index contributed by atoms with van der Waals surface area (Å²) < 4.78 is 0.605. The van der Waals surface area contributed by atoms with E-state index in [1.54, 1.807) is 6.20 Å². The number of ketones is 1. The topological polar surface area (TPSA) is 61.5 Å². The van der Waals surface area contributed by atoms with Gasteiger partial charge >= 0.3 is 0 Å². The molecule has 106 valence electrons. The highest BCUT2D eigenvalue weighted by molar-refractivity contribution is 7.73. The van der Waals surface area contributed by atoms with Gasteiger partial charge in [-0.15, -0.1) is 0 Å². The number of aromatic nitrogens is 3. The first-order valence-electron chi connectivity index (χ1n) is 6.54. The third-order valence-corrected chi connectivity index (χ3v) is 4.30. The first kappa shape index (κ1) is 13.9. The Morgan fingerprint density at radius 3 is 2.76 bits per heavy atom. The van der Waals surface area contributed by atoms with Crippen LogP contribution in [0.3, 0.4) is 0 Å². The Hall–Kier alpha value is -2.05. The summed E-state index contributed by atoms with van der Waals surface area (Å²) in [7, 11) is 0. The van der Waals surface area contributed by atoms with Gasteiger partial charge < -0.3 is 4.98 Å². The number of Topliss-reactive ketones (excluding diaryl/α,β-unsaturated/α-hetero) is 1. The van der Waals surface area contributed by atoms with Crippen molar-refractivity contribution in [2.45, 2.75) is 12.8 Å². The van der Waals surface area contributed by atoms with Gasteiger partial charge in [0.2, 0.25) is 0 Å². The summed E-state index contributed by atoms with van der Waals surface area (Å²) in [4.78, 5) is 15.4. The van der Waals surface area contributed by atoms with E-state index in [1.165, 1.54) is 11.3 Å². The molecule has 0 bridgehead atoms. The van der Waals surface area contributed by atoms with Crippen molar-refractivity contribution < 1.29 is 4.79 Å². The van der Waals surface area contributed by atoms with E-state index in [9.17, 15) is 4.79 Å². The summed E-state index contributed by atoms with van der Waals surface area (Å²) in [6.45, 7) is 0. The van der Waals surface area contributed by atoms with Gasteiger partial charge in [0.25, 0.3) is 0 Å². The van der Waals surface area contributed by atoms with Crippen LogP contribution in [0, 0.1) is 3.95 Å². The smallest absolute Gasteiger partial charge is 0.180 e. The molecule has 3 rings (SSSR count). The Morgan fingerprint density at radius 1 is 1.24 bits per heavy atom.